The lowest BCUT2D eigenvalue weighted by molar-refractivity contribution is -0.176. The number of rotatable bonds is 0. The number of fused-ring (bicyclic) bond motifs is 1. The molecule has 1 atom stereocenters. The molecule has 2 aliphatic heterocycles. The second kappa shape index (κ2) is 3.80. The summed E-state index contributed by atoms with van der Waals surface area (Å²) in [6.45, 7) is 6.28. The summed E-state index contributed by atoms with van der Waals surface area (Å²) in [5.74, 6) is 2.43. The summed E-state index contributed by atoms with van der Waals surface area (Å²) >= 11 is 0. The normalized spacial score (nSPS) is 26.7. The minimum atomic E-state index is -1.10. The number of nitrogens with zero attached hydrogens (tertiary/aromatic N) is 2. The van der Waals surface area contributed by atoms with Crippen LogP contribution in [-0.4, -0.2) is 52.9 Å². The van der Waals surface area contributed by atoms with Crippen molar-refractivity contribution in [2.75, 3.05) is 19.6 Å². The maximum absolute atomic E-state index is 11.9. The van der Waals surface area contributed by atoms with Crippen molar-refractivity contribution in [3.8, 4) is 12.3 Å². The van der Waals surface area contributed by atoms with Crippen molar-refractivity contribution >= 4 is 12.2 Å². The molecule has 0 aromatic carbocycles. The number of carbonyl (C=O) groups excluding carboxylic acids is 2. The molecule has 0 aromatic heterocycles. The highest BCUT2D eigenvalue weighted by atomic mass is 16.6. The third-order valence-corrected chi connectivity index (χ3v) is 2.79. The molecule has 0 bridgehead atoms. The van der Waals surface area contributed by atoms with E-state index in [1.807, 2.05) is 0 Å². The van der Waals surface area contributed by atoms with Crippen LogP contribution in [0.5, 0.6) is 0 Å². The van der Waals surface area contributed by atoms with Crippen LogP contribution in [0.25, 0.3) is 0 Å². The lowest BCUT2D eigenvalue weighted by Crippen LogP contribution is -2.73. The van der Waals surface area contributed by atoms with Crippen LogP contribution in [0.1, 0.15) is 20.8 Å². The van der Waals surface area contributed by atoms with Gasteiger partial charge in [0.15, 0.2) is 0 Å². The zero-order chi connectivity index (χ0) is 13.6. The van der Waals surface area contributed by atoms with Gasteiger partial charge in [0.1, 0.15) is 5.60 Å². The molecular weight excluding hydrogens is 236 g/mol. The Bertz CT molecular complexity index is 434. The van der Waals surface area contributed by atoms with Crippen LogP contribution in [0.4, 0.5) is 9.59 Å². The van der Waals surface area contributed by atoms with Gasteiger partial charge >= 0.3 is 12.2 Å². The molecule has 1 unspecified atom stereocenters. The number of piperazine rings is 1. The number of hydrogen-bond donors (Lipinski definition) is 0. The van der Waals surface area contributed by atoms with Crippen LogP contribution >= 0.6 is 0 Å². The van der Waals surface area contributed by atoms with E-state index in [0.717, 1.165) is 0 Å². The Balaban J connectivity index is 2.04. The fourth-order valence-corrected chi connectivity index (χ4v) is 1.95. The summed E-state index contributed by atoms with van der Waals surface area (Å²) in [6, 6.07) is 0. The monoisotopic (exact) mass is 252 g/mol. The molecule has 0 aliphatic carbocycles. The third-order valence-electron chi connectivity index (χ3n) is 2.79. The van der Waals surface area contributed by atoms with Crippen LogP contribution in [0, 0.1) is 12.3 Å². The van der Waals surface area contributed by atoms with Crippen molar-refractivity contribution in [3.05, 3.63) is 0 Å². The molecule has 6 heteroatoms. The fraction of sp³-hybridized carbons (Fsp3) is 0.667. The number of ether oxygens (including phenoxy) is 2. The summed E-state index contributed by atoms with van der Waals surface area (Å²) in [5, 5.41) is 0. The number of amides is 2. The zero-order valence-corrected chi connectivity index (χ0v) is 10.7. The molecule has 0 N–H and O–H groups in total. The van der Waals surface area contributed by atoms with Crippen molar-refractivity contribution in [3.63, 3.8) is 0 Å². The van der Waals surface area contributed by atoms with E-state index in [-0.39, 0.29) is 6.54 Å². The molecule has 2 fully saturated rings. The smallest absolute Gasteiger partial charge is 0.416 e. The summed E-state index contributed by atoms with van der Waals surface area (Å²) < 4.78 is 10.3. The fourth-order valence-electron chi connectivity index (χ4n) is 1.95. The molecule has 0 radical (unpaired) electrons. The Morgan fingerprint density at radius 3 is 2.67 bits per heavy atom. The maximum atomic E-state index is 11.9. The summed E-state index contributed by atoms with van der Waals surface area (Å²) in [5.41, 5.74) is -1.67. The zero-order valence-electron chi connectivity index (χ0n) is 10.7. The van der Waals surface area contributed by atoms with E-state index in [0.29, 0.717) is 13.1 Å². The van der Waals surface area contributed by atoms with Crippen LogP contribution in [0.15, 0.2) is 0 Å². The van der Waals surface area contributed by atoms with Crippen LogP contribution in [0.2, 0.25) is 0 Å². The molecule has 2 amide bonds. The van der Waals surface area contributed by atoms with E-state index in [9.17, 15) is 9.59 Å². The van der Waals surface area contributed by atoms with E-state index >= 15 is 0 Å². The number of carbonyl (C=O) groups is 2. The van der Waals surface area contributed by atoms with Crippen LogP contribution < -0.4 is 0 Å². The van der Waals surface area contributed by atoms with Gasteiger partial charge in [-0.05, 0) is 26.7 Å². The Morgan fingerprint density at radius 2 is 2.17 bits per heavy atom. The molecule has 6 nitrogen and oxygen atoms in total. The first-order valence-corrected chi connectivity index (χ1v) is 5.74. The first-order chi connectivity index (χ1) is 8.27. The second-order valence-corrected chi connectivity index (χ2v) is 5.35. The highest BCUT2D eigenvalue weighted by Crippen LogP contribution is 2.33. The van der Waals surface area contributed by atoms with Gasteiger partial charge in [0.05, 0.1) is 6.54 Å². The van der Waals surface area contributed by atoms with E-state index in [1.54, 1.807) is 20.8 Å². The maximum Gasteiger partial charge on any atom is 0.416 e. The Labute approximate surface area is 106 Å². The van der Waals surface area contributed by atoms with Crippen molar-refractivity contribution in [1.82, 2.24) is 9.80 Å². The molecule has 2 heterocycles. The highest BCUT2D eigenvalue weighted by Gasteiger charge is 2.57. The molecule has 2 saturated heterocycles. The Kier molecular flexibility index (Phi) is 2.65. The summed E-state index contributed by atoms with van der Waals surface area (Å²) in [6.07, 6.45) is 4.51. The minimum absolute atomic E-state index is 0.143. The average molecular weight is 252 g/mol. The SMILES string of the molecule is C#CC12CN(C(=O)OC(C)(C)C)CCN1C(=O)O2. The van der Waals surface area contributed by atoms with Gasteiger partial charge in [0.2, 0.25) is 0 Å². The summed E-state index contributed by atoms with van der Waals surface area (Å²) in [7, 11) is 0. The van der Waals surface area contributed by atoms with Gasteiger partial charge < -0.3 is 9.47 Å². The Morgan fingerprint density at radius 1 is 1.50 bits per heavy atom. The van der Waals surface area contributed by atoms with Crippen molar-refractivity contribution < 1.29 is 19.1 Å². The van der Waals surface area contributed by atoms with Crippen LogP contribution in [0.3, 0.4) is 0 Å². The van der Waals surface area contributed by atoms with Crippen molar-refractivity contribution in [2.45, 2.75) is 32.1 Å². The third kappa shape index (κ3) is 1.96. The Hall–Kier alpha value is -1.90. The van der Waals surface area contributed by atoms with Crippen LogP contribution in [-0.2, 0) is 9.47 Å². The molecule has 0 saturated carbocycles. The molecule has 2 aliphatic rings. The van der Waals surface area contributed by atoms with E-state index < -0.39 is 23.5 Å². The molecule has 2 rings (SSSR count). The highest BCUT2D eigenvalue weighted by molar-refractivity contribution is 5.78. The number of terminal acetylenes is 1. The molecule has 18 heavy (non-hydrogen) atoms. The lowest BCUT2D eigenvalue weighted by Gasteiger charge is -2.52. The second-order valence-electron chi connectivity index (χ2n) is 5.35. The van der Waals surface area contributed by atoms with Gasteiger partial charge in [0.25, 0.3) is 5.72 Å². The van der Waals surface area contributed by atoms with E-state index in [4.69, 9.17) is 15.9 Å². The van der Waals surface area contributed by atoms with Gasteiger partial charge in [-0.3, -0.25) is 9.80 Å². The van der Waals surface area contributed by atoms with Gasteiger partial charge in [-0.25, -0.2) is 9.59 Å². The average Bonchev–Trinajstić information content (AvgIpc) is 2.24. The molecule has 98 valence electrons. The van der Waals surface area contributed by atoms with Gasteiger partial charge in [-0.15, -0.1) is 6.42 Å². The molecule has 0 aromatic rings. The topological polar surface area (TPSA) is 59.1 Å². The first-order valence-electron chi connectivity index (χ1n) is 5.74. The van der Waals surface area contributed by atoms with E-state index in [1.165, 1.54) is 9.80 Å². The lowest BCUT2D eigenvalue weighted by atomic mass is 10.1. The van der Waals surface area contributed by atoms with Gasteiger partial charge in [-0.2, -0.15) is 0 Å². The molecule has 0 spiro atoms. The largest absolute Gasteiger partial charge is 0.444 e. The quantitative estimate of drug-likeness (QED) is 0.604. The first kappa shape index (κ1) is 12.6. The van der Waals surface area contributed by atoms with Gasteiger partial charge in [-0.1, -0.05) is 0 Å². The predicted octanol–water partition coefficient (Wildman–Crippen LogP) is 1.02. The standard InChI is InChI=1S/C12H16N2O4/c1-5-12-8-13(9(15)17-11(2,3)4)6-7-14(12)10(16)18-12/h1H,6-8H2,2-4H3. The van der Waals surface area contributed by atoms with Crippen molar-refractivity contribution in [2.24, 2.45) is 0 Å². The summed E-state index contributed by atoms with van der Waals surface area (Å²) in [4.78, 5) is 26.0. The molecular formula is C12H16N2O4. The minimum Gasteiger partial charge on any atom is -0.444 e. The number of hydrogen-bond acceptors (Lipinski definition) is 4. The van der Waals surface area contributed by atoms with Gasteiger partial charge in [0, 0.05) is 13.1 Å². The van der Waals surface area contributed by atoms with Crippen molar-refractivity contribution in [1.29, 1.82) is 0 Å². The van der Waals surface area contributed by atoms with E-state index in [2.05, 4.69) is 5.92 Å². The predicted molar refractivity (Wildman–Crippen MR) is 62.6 cm³/mol.